The zero-order valence-corrected chi connectivity index (χ0v) is 16.0. The lowest BCUT2D eigenvalue weighted by Crippen LogP contribution is -2.15. The van der Waals surface area contributed by atoms with E-state index < -0.39 is 0 Å². The first-order valence-electron chi connectivity index (χ1n) is 8.96. The molecular weight excluding hydrogens is 354 g/mol. The van der Waals surface area contributed by atoms with Crippen molar-refractivity contribution in [1.82, 2.24) is 29.3 Å². The van der Waals surface area contributed by atoms with Crippen LogP contribution in [0.3, 0.4) is 0 Å². The summed E-state index contributed by atoms with van der Waals surface area (Å²) in [6, 6.07) is 13.1. The number of aromatic nitrogens is 6. The fourth-order valence-electron chi connectivity index (χ4n) is 2.97. The monoisotopic (exact) mass is 375 g/mol. The van der Waals surface area contributed by atoms with E-state index >= 15 is 0 Å². The molecule has 4 aromatic rings. The van der Waals surface area contributed by atoms with E-state index in [0.717, 1.165) is 22.8 Å². The Morgan fingerprint density at radius 3 is 2.36 bits per heavy atom. The number of rotatable bonds is 5. The average molecular weight is 375 g/mol. The first-order valence-corrected chi connectivity index (χ1v) is 8.96. The van der Waals surface area contributed by atoms with Gasteiger partial charge in [0, 0.05) is 23.8 Å². The van der Waals surface area contributed by atoms with Gasteiger partial charge in [-0.3, -0.25) is 9.48 Å². The molecule has 1 N–H and O–H groups in total. The smallest absolute Gasteiger partial charge is 0.276 e. The predicted octanol–water partition coefficient (Wildman–Crippen LogP) is 2.95. The van der Waals surface area contributed by atoms with Gasteiger partial charge in [0.05, 0.1) is 17.1 Å². The fraction of sp³-hybridized carbons (Fsp3) is 0.200. The molecule has 3 heterocycles. The van der Waals surface area contributed by atoms with Gasteiger partial charge in [0.1, 0.15) is 6.67 Å². The third kappa shape index (κ3) is 3.71. The highest BCUT2D eigenvalue weighted by Crippen LogP contribution is 2.14. The summed E-state index contributed by atoms with van der Waals surface area (Å²) in [7, 11) is 0. The molecule has 0 atom stereocenters. The zero-order chi connectivity index (χ0) is 19.7. The number of hydrogen-bond acceptors (Lipinski definition) is 4. The number of nitrogens with zero attached hydrogens (tertiary/aromatic N) is 6. The van der Waals surface area contributed by atoms with Crippen LogP contribution in [-0.4, -0.2) is 35.2 Å². The van der Waals surface area contributed by atoms with E-state index in [1.807, 2.05) is 68.0 Å². The van der Waals surface area contributed by atoms with E-state index in [4.69, 9.17) is 0 Å². The van der Waals surface area contributed by atoms with Crippen LogP contribution in [0.4, 0.5) is 5.69 Å². The summed E-state index contributed by atoms with van der Waals surface area (Å²) in [5.74, 6) is -0.255. The minimum absolute atomic E-state index is 0.255. The highest BCUT2D eigenvalue weighted by molar-refractivity contribution is 6.02. The number of carbonyl (C=O) groups excluding carboxylic acids is 1. The maximum atomic E-state index is 12.5. The number of benzene rings is 1. The molecule has 1 amide bonds. The molecule has 0 spiro atoms. The van der Waals surface area contributed by atoms with Crippen LogP contribution in [0.1, 0.15) is 27.6 Å². The molecule has 4 rings (SSSR count). The van der Waals surface area contributed by atoms with Crippen LogP contribution in [-0.2, 0) is 6.67 Å². The summed E-state index contributed by atoms with van der Waals surface area (Å²) in [4.78, 5) is 12.5. The number of hydrogen-bond donors (Lipinski definition) is 1. The fourth-order valence-corrected chi connectivity index (χ4v) is 2.97. The molecule has 0 saturated carbocycles. The number of aryl methyl sites for hydroxylation is 3. The van der Waals surface area contributed by atoms with Crippen molar-refractivity contribution in [3.8, 4) is 5.69 Å². The normalized spacial score (nSPS) is 11.0. The van der Waals surface area contributed by atoms with Gasteiger partial charge in [0.2, 0.25) is 0 Å². The number of carbonyl (C=O) groups is 1. The van der Waals surface area contributed by atoms with Crippen molar-refractivity contribution in [2.45, 2.75) is 27.4 Å². The molecule has 0 saturated heterocycles. The molecule has 0 aliphatic rings. The van der Waals surface area contributed by atoms with Crippen LogP contribution in [0.5, 0.6) is 0 Å². The second kappa shape index (κ2) is 7.15. The van der Waals surface area contributed by atoms with Crippen molar-refractivity contribution in [2.75, 3.05) is 5.32 Å². The topological polar surface area (TPSA) is 82.6 Å². The van der Waals surface area contributed by atoms with Crippen LogP contribution in [0.2, 0.25) is 0 Å². The summed E-state index contributed by atoms with van der Waals surface area (Å²) in [6.07, 6.45) is 3.67. The van der Waals surface area contributed by atoms with E-state index in [0.29, 0.717) is 18.1 Å². The molecular formula is C20H21N7O. The largest absolute Gasteiger partial charge is 0.321 e. The van der Waals surface area contributed by atoms with Gasteiger partial charge in [-0.1, -0.05) is 0 Å². The SMILES string of the molecule is Cc1ccn(-c2ccc(NC(=O)c3ccn(Cn4nc(C)cc4C)n3)cc2)n1. The summed E-state index contributed by atoms with van der Waals surface area (Å²) < 4.78 is 5.33. The molecule has 0 bridgehead atoms. The van der Waals surface area contributed by atoms with Gasteiger partial charge in [0.15, 0.2) is 5.69 Å². The molecule has 0 unspecified atom stereocenters. The van der Waals surface area contributed by atoms with Gasteiger partial charge in [-0.2, -0.15) is 15.3 Å². The highest BCUT2D eigenvalue weighted by Gasteiger charge is 2.11. The van der Waals surface area contributed by atoms with Gasteiger partial charge in [0.25, 0.3) is 5.91 Å². The van der Waals surface area contributed by atoms with E-state index in [-0.39, 0.29) is 5.91 Å². The second-order valence-electron chi connectivity index (χ2n) is 6.71. The van der Waals surface area contributed by atoms with Crippen molar-refractivity contribution in [2.24, 2.45) is 0 Å². The third-order valence-corrected chi connectivity index (χ3v) is 4.37. The van der Waals surface area contributed by atoms with Gasteiger partial charge >= 0.3 is 0 Å². The van der Waals surface area contributed by atoms with Gasteiger partial charge in [-0.25, -0.2) is 9.36 Å². The maximum absolute atomic E-state index is 12.5. The third-order valence-electron chi connectivity index (χ3n) is 4.37. The van der Waals surface area contributed by atoms with Crippen molar-refractivity contribution >= 4 is 11.6 Å². The molecule has 0 fully saturated rings. The molecule has 28 heavy (non-hydrogen) atoms. The second-order valence-corrected chi connectivity index (χ2v) is 6.71. The number of anilines is 1. The Kier molecular flexibility index (Phi) is 4.52. The van der Waals surface area contributed by atoms with Gasteiger partial charge in [-0.05, 0) is 63.2 Å². The number of nitrogens with one attached hydrogen (secondary N) is 1. The maximum Gasteiger partial charge on any atom is 0.276 e. The van der Waals surface area contributed by atoms with Crippen molar-refractivity contribution < 1.29 is 4.79 Å². The summed E-state index contributed by atoms with van der Waals surface area (Å²) >= 11 is 0. The molecule has 3 aromatic heterocycles. The van der Waals surface area contributed by atoms with E-state index in [2.05, 4.69) is 20.6 Å². The summed E-state index contributed by atoms with van der Waals surface area (Å²) in [6.45, 7) is 6.35. The molecule has 0 aliphatic carbocycles. The molecule has 142 valence electrons. The standard InChI is InChI=1S/C20H21N7O/c1-14-8-11-26(22-14)18-6-4-17(5-7-18)21-20(28)19-9-10-25(24-19)13-27-16(3)12-15(2)23-27/h4-12H,13H2,1-3H3,(H,21,28). The molecule has 1 aromatic carbocycles. The van der Waals surface area contributed by atoms with E-state index in [9.17, 15) is 4.79 Å². The Morgan fingerprint density at radius 1 is 0.929 bits per heavy atom. The van der Waals surface area contributed by atoms with Crippen LogP contribution in [0.15, 0.2) is 54.9 Å². The van der Waals surface area contributed by atoms with Crippen LogP contribution in [0, 0.1) is 20.8 Å². The minimum Gasteiger partial charge on any atom is -0.321 e. The Balaban J connectivity index is 1.42. The van der Waals surface area contributed by atoms with Crippen LogP contribution in [0.25, 0.3) is 5.69 Å². The lowest BCUT2D eigenvalue weighted by atomic mass is 10.2. The van der Waals surface area contributed by atoms with Crippen molar-refractivity contribution in [3.05, 3.63) is 77.6 Å². The minimum atomic E-state index is -0.255. The first kappa shape index (κ1) is 17.7. The van der Waals surface area contributed by atoms with E-state index in [1.165, 1.54) is 0 Å². The van der Waals surface area contributed by atoms with Crippen molar-refractivity contribution in [3.63, 3.8) is 0 Å². The van der Waals surface area contributed by atoms with E-state index in [1.54, 1.807) is 21.6 Å². The molecule has 8 heteroatoms. The highest BCUT2D eigenvalue weighted by atomic mass is 16.1. The Labute approximate surface area is 162 Å². The zero-order valence-electron chi connectivity index (χ0n) is 16.0. The molecule has 0 aliphatic heterocycles. The number of amides is 1. The quantitative estimate of drug-likeness (QED) is 0.581. The Morgan fingerprint density at radius 2 is 1.71 bits per heavy atom. The summed E-state index contributed by atoms with van der Waals surface area (Å²) in [5, 5.41) is 16.0. The van der Waals surface area contributed by atoms with Crippen molar-refractivity contribution in [1.29, 1.82) is 0 Å². The predicted molar refractivity (Wildman–Crippen MR) is 106 cm³/mol. The van der Waals surface area contributed by atoms with Gasteiger partial charge in [-0.15, -0.1) is 0 Å². The van der Waals surface area contributed by atoms with Crippen LogP contribution >= 0.6 is 0 Å². The molecule has 0 radical (unpaired) electrons. The first-order chi connectivity index (χ1) is 13.5. The Bertz CT molecular complexity index is 1120. The van der Waals surface area contributed by atoms with Gasteiger partial charge < -0.3 is 5.32 Å². The van der Waals surface area contributed by atoms with Crippen LogP contribution < -0.4 is 5.32 Å². The lowest BCUT2D eigenvalue weighted by Gasteiger charge is -2.06. The average Bonchev–Trinajstić information content (AvgIpc) is 3.37. The molecule has 8 nitrogen and oxygen atoms in total. The lowest BCUT2D eigenvalue weighted by molar-refractivity contribution is 0.102. The Hall–Kier alpha value is -3.68. The summed E-state index contributed by atoms with van der Waals surface area (Å²) in [5.41, 5.74) is 4.94.